The first-order chi connectivity index (χ1) is 7.01. The van der Waals surface area contributed by atoms with Crippen LogP contribution in [-0.4, -0.2) is 36.9 Å². The van der Waals surface area contributed by atoms with Crippen molar-refractivity contribution < 1.29 is 43.0 Å². The molecule has 0 radical (unpaired) electrons. The fourth-order valence-corrected chi connectivity index (χ4v) is 2.66. The minimum Gasteiger partial charge on any atom is -1.00 e. The van der Waals surface area contributed by atoms with Gasteiger partial charge in [0, 0.05) is 13.1 Å². The second kappa shape index (κ2) is 4.63. The topological polar surface area (TPSA) is 87.8 Å². The van der Waals surface area contributed by atoms with E-state index in [1.165, 1.54) is 4.31 Å². The fraction of sp³-hybridized carbons (Fsp3) is 0.375. The molecule has 0 aromatic carbocycles. The van der Waals surface area contributed by atoms with Gasteiger partial charge in [-0.3, -0.25) is 0 Å². The number of carboxylic acids is 1. The molecule has 0 atom stereocenters. The van der Waals surface area contributed by atoms with Crippen LogP contribution in [0.5, 0.6) is 0 Å². The Bertz CT molecular complexity index is 496. The van der Waals surface area contributed by atoms with Crippen molar-refractivity contribution >= 4 is 16.0 Å². The van der Waals surface area contributed by atoms with Crippen LogP contribution in [0.3, 0.4) is 0 Å². The summed E-state index contributed by atoms with van der Waals surface area (Å²) in [5.74, 6) is -1.64. The second-order valence-electron chi connectivity index (χ2n) is 3.18. The molecule has 1 aromatic heterocycles. The number of furan rings is 1. The maximum absolute atomic E-state index is 11.7. The summed E-state index contributed by atoms with van der Waals surface area (Å²) in [6, 6.07) is 2.30. The maximum Gasteiger partial charge on any atom is 1.00 e. The van der Waals surface area contributed by atoms with Crippen LogP contribution >= 0.6 is 0 Å². The van der Waals surface area contributed by atoms with Crippen molar-refractivity contribution in [2.24, 2.45) is 0 Å². The number of aromatic carboxylic acids is 1. The first-order valence-corrected chi connectivity index (χ1v) is 5.79. The third-order valence-electron chi connectivity index (χ3n) is 2.20. The Labute approximate surface area is 106 Å². The Morgan fingerprint density at radius 2 is 2.06 bits per heavy atom. The van der Waals surface area contributed by atoms with Gasteiger partial charge in [-0.05, 0) is 18.6 Å². The van der Waals surface area contributed by atoms with Crippen LogP contribution in [0.15, 0.2) is 21.6 Å². The maximum atomic E-state index is 11.7. The van der Waals surface area contributed by atoms with Gasteiger partial charge in [-0.15, -0.1) is 0 Å². The summed E-state index contributed by atoms with van der Waals surface area (Å²) in [4.78, 5) is 10.5. The molecule has 6 nitrogen and oxygen atoms in total. The van der Waals surface area contributed by atoms with Gasteiger partial charge < -0.3 is 11.0 Å². The van der Waals surface area contributed by atoms with E-state index in [1.807, 2.05) is 0 Å². The van der Waals surface area contributed by atoms with Gasteiger partial charge in [-0.25, -0.2) is 13.2 Å². The van der Waals surface area contributed by atoms with Gasteiger partial charge in [0.15, 0.2) is 0 Å². The van der Waals surface area contributed by atoms with Crippen molar-refractivity contribution in [1.82, 2.24) is 4.31 Å². The average molecular weight is 239 g/mol. The summed E-state index contributed by atoms with van der Waals surface area (Å²) in [7, 11) is -3.61. The zero-order valence-corrected chi connectivity index (χ0v) is 9.53. The minimum atomic E-state index is -3.61. The molecule has 1 aromatic rings. The molecule has 8 heteroatoms. The number of hydrogen-bond acceptors (Lipinski definition) is 4. The first-order valence-electron chi connectivity index (χ1n) is 4.35. The largest absolute Gasteiger partial charge is 1.00 e. The molecular weight excluding hydrogens is 229 g/mol. The van der Waals surface area contributed by atoms with E-state index in [0.717, 1.165) is 18.6 Å². The Kier molecular flexibility index (Phi) is 3.86. The van der Waals surface area contributed by atoms with E-state index in [0.29, 0.717) is 13.1 Å². The molecule has 1 saturated heterocycles. The van der Waals surface area contributed by atoms with Crippen LogP contribution < -0.4 is 18.9 Å². The predicted octanol–water partition coefficient (Wildman–Crippen LogP) is -2.51. The SMILES string of the molecule is O=C(O)c1ccc(S(=O)(=O)N2CCC2)o1.[H-].[Li+]. The van der Waals surface area contributed by atoms with Crippen LogP contribution in [0, 0.1) is 0 Å². The molecule has 2 rings (SSSR count). The molecule has 1 aliphatic rings. The van der Waals surface area contributed by atoms with Crippen molar-refractivity contribution in [3.63, 3.8) is 0 Å². The Morgan fingerprint density at radius 1 is 1.44 bits per heavy atom. The third-order valence-corrected chi connectivity index (χ3v) is 3.97. The van der Waals surface area contributed by atoms with Gasteiger partial charge in [0.25, 0.3) is 10.0 Å². The van der Waals surface area contributed by atoms with E-state index in [-0.39, 0.29) is 31.1 Å². The zero-order chi connectivity index (χ0) is 11.1. The molecule has 1 fully saturated rings. The smallest absolute Gasteiger partial charge is 1.00 e. The molecule has 0 unspecified atom stereocenters. The summed E-state index contributed by atoms with van der Waals surface area (Å²) in [5.41, 5.74) is 0. The summed E-state index contributed by atoms with van der Waals surface area (Å²) in [5, 5.41) is 8.27. The Hall–Kier alpha value is -0.743. The van der Waals surface area contributed by atoms with Crippen LogP contribution in [0.25, 0.3) is 0 Å². The fourth-order valence-electron chi connectivity index (χ4n) is 1.23. The molecule has 0 aliphatic carbocycles. The number of nitrogens with zero attached hydrogens (tertiary/aromatic N) is 1. The summed E-state index contributed by atoms with van der Waals surface area (Å²) < 4.78 is 29.4. The molecule has 0 bridgehead atoms. The Morgan fingerprint density at radius 3 is 2.44 bits per heavy atom. The number of sulfonamides is 1. The minimum absolute atomic E-state index is 0. The van der Waals surface area contributed by atoms with Crippen LogP contribution in [0.1, 0.15) is 18.4 Å². The average Bonchev–Trinajstić information content (AvgIpc) is 2.46. The van der Waals surface area contributed by atoms with Crippen molar-refractivity contribution in [1.29, 1.82) is 0 Å². The summed E-state index contributed by atoms with van der Waals surface area (Å²) in [6.45, 7) is 0.927. The van der Waals surface area contributed by atoms with E-state index in [1.54, 1.807) is 0 Å². The van der Waals surface area contributed by atoms with Crippen molar-refractivity contribution in [3.8, 4) is 0 Å². The summed E-state index contributed by atoms with van der Waals surface area (Å²) in [6.07, 6.45) is 0.825. The van der Waals surface area contributed by atoms with Crippen LogP contribution in [-0.2, 0) is 10.0 Å². The predicted molar refractivity (Wildman–Crippen MR) is 50.2 cm³/mol. The van der Waals surface area contributed by atoms with E-state index in [4.69, 9.17) is 9.52 Å². The standard InChI is InChI=1S/C8H9NO5S.Li.H/c10-8(11)6-2-3-7(14-6)15(12,13)9-4-1-5-9;;/h2-3H,1,4-5H2,(H,10,11);;/q;+1;-1. The van der Waals surface area contributed by atoms with Crippen LogP contribution in [0.4, 0.5) is 0 Å². The Balaban J connectivity index is 0.00000128. The zero-order valence-electron chi connectivity index (χ0n) is 9.71. The van der Waals surface area contributed by atoms with Crippen LogP contribution in [0.2, 0.25) is 0 Å². The van der Waals surface area contributed by atoms with Gasteiger partial charge >= 0.3 is 24.8 Å². The number of rotatable bonds is 3. The van der Waals surface area contributed by atoms with Gasteiger partial charge in [0.1, 0.15) is 0 Å². The molecule has 1 N–H and O–H groups in total. The number of hydrogen-bond donors (Lipinski definition) is 1. The third kappa shape index (κ3) is 2.18. The van der Waals surface area contributed by atoms with Gasteiger partial charge in [0.2, 0.25) is 10.9 Å². The quantitative estimate of drug-likeness (QED) is 0.588. The van der Waals surface area contributed by atoms with Crippen molar-refractivity contribution in [2.45, 2.75) is 11.5 Å². The molecule has 0 spiro atoms. The first kappa shape index (κ1) is 13.3. The number of carbonyl (C=O) groups is 1. The normalized spacial score (nSPS) is 16.2. The second-order valence-corrected chi connectivity index (χ2v) is 5.05. The molecular formula is C8H10LiNO5S. The van der Waals surface area contributed by atoms with Gasteiger partial charge in [-0.2, -0.15) is 4.31 Å². The molecule has 16 heavy (non-hydrogen) atoms. The van der Waals surface area contributed by atoms with E-state index >= 15 is 0 Å². The molecule has 0 saturated carbocycles. The van der Waals surface area contributed by atoms with Gasteiger partial charge in [0.05, 0.1) is 0 Å². The molecule has 84 valence electrons. The summed E-state index contributed by atoms with van der Waals surface area (Å²) >= 11 is 0. The molecule has 1 aliphatic heterocycles. The molecule has 0 amide bonds. The number of carboxylic acid groups (broad SMARTS) is 1. The van der Waals surface area contributed by atoms with E-state index in [2.05, 4.69) is 0 Å². The van der Waals surface area contributed by atoms with Crippen molar-refractivity contribution in [3.05, 3.63) is 17.9 Å². The van der Waals surface area contributed by atoms with E-state index in [9.17, 15) is 13.2 Å². The monoisotopic (exact) mass is 239 g/mol. The molecule has 2 heterocycles. The van der Waals surface area contributed by atoms with Crippen molar-refractivity contribution in [2.75, 3.05) is 13.1 Å². The van der Waals surface area contributed by atoms with Gasteiger partial charge in [-0.1, -0.05) is 0 Å². The van der Waals surface area contributed by atoms with E-state index < -0.39 is 16.0 Å².